The van der Waals surface area contributed by atoms with Crippen molar-refractivity contribution in [1.82, 2.24) is 0 Å². The second-order valence-corrected chi connectivity index (χ2v) is 3.42. The number of nitrogens with two attached hydrogens (primary N) is 2. The highest BCUT2D eigenvalue weighted by molar-refractivity contribution is 9.10. The molecule has 4 N–H and O–H groups in total. The third-order valence-electron chi connectivity index (χ3n) is 1.56. The van der Waals surface area contributed by atoms with Crippen LogP contribution in [0.2, 0.25) is 0 Å². The van der Waals surface area contributed by atoms with Crippen molar-refractivity contribution >= 4 is 21.9 Å². The van der Waals surface area contributed by atoms with Crippen LogP contribution >= 0.6 is 15.9 Å². The van der Waals surface area contributed by atoms with Crippen LogP contribution in [0.15, 0.2) is 21.6 Å². The van der Waals surface area contributed by atoms with Crippen LogP contribution in [-0.4, -0.2) is 5.96 Å². The van der Waals surface area contributed by atoms with Crippen LogP contribution in [0.4, 0.5) is 8.78 Å². The summed E-state index contributed by atoms with van der Waals surface area (Å²) in [6, 6.07) is 2.43. The molecule has 1 aromatic carbocycles. The molecule has 0 atom stereocenters. The Morgan fingerprint density at radius 3 is 2.57 bits per heavy atom. The molecule has 0 aliphatic heterocycles. The van der Waals surface area contributed by atoms with E-state index in [4.69, 9.17) is 11.5 Å². The molecule has 0 spiro atoms. The Labute approximate surface area is 87.9 Å². The van der Waals surface area contributed by atoms with Gasteiger partial charge in [-0.25, -0.2) is 13.8 Å². The summed E-state index contributed by atoms with van der Waals surface area (Å²) in [5.74, 6) is -1.56. The monoisotopic (exact) mass is 263 g/mol. The molecule has 0 saturated carbocycles. The van der Waals surface area contributed by atoms with E-state index in [1.807, 2.05) is 0 Å². The molecule has 0 fully saturated rings. The highest BCUT2D eigenvalue weighted by Gasteiger charge is 2.11. The highest BCUT2D eigenvalue weighted by atomic mass is 79.9. The van der Waals surface area contributed by atoms with Gasteiger partial charge >= 0.3 is 0 Å². The number of rotatable bonds is 2. The summed E-state index contributed by atoms with van der Waals surface area (Å²) in [5, 5.41) is 0. The molecule has 0 bridgehead atoms. The van der Waals surface area contributed by atoms with Crippen molar-refractivity contribution in [1.29, 1.82) is 0 Å². The van der Waals surface area contributed by atoms with Crippen LogP contribution in [-0.2, 0) is 6.54 Å². The third-order valence-corrected chi connectivity index (χ3v) is 2.17. The Morgan fingerprint density at radius 1 is 1.36 bits per heavy atom. The lowest BCUT2D eigenvalue weighted by atomic mass is 10.2. The summed E-state index contributed by atoms with van der Waals surface area (Å²) in [4.78, 5) is 3.53. The molecule has 0 aliphatic rings. The number of halogens is 3. The minimum absolute atomic E-state index is 0.159. The van der Waals surface area contributed by atoms with E-state index >= 15 is 0 Å². The molecule has 14 heavy (non-hydrogen) atoms. The van der Waals surface area contributed by atoms with E-state index in [2.05, 4.69) is 20.9 Å². The van der Waals surface area contributed by atoms with E-state index in [0.29, 0.717) is 0 Å². The maximum atomic E-state index is 13.3. The van der Waals surface area contributed by atoms with Gasteiger partial charge in [-0.1, -0.05) is 0 Å². The van der Waals surface area contributed by atoms with Crippen LogP contribution in [0.3, 0.4) is 0 Å². The molecular weight excluding hydrogens is 256 g/mol. The largest absolute Gasteiger partial charge is 0.370 e. The minimum atomic E-state index is -0.685. The van der Waals surface area contributed by atoms with Crippen molar-refractivity contribution in [3.8, 4) is 0 Å². The molecule has 1 aromatic rings. The number of nitrogens with zero attached hydrogens (tertiary/aromatic N) is 1. The number of guanidine groups is 1. The SMILES string of the molecule is NC(N)=NCc1c(F)ccc(Br)c1F. The molecule has 0 unspecified atom stereocenters. The Kier molecular flexibility index (Phi) is 3.40. The predicted molar refractivity (Wildman–Crippen MR) is 53.6 cm³/mol. The first-order valence-electron chi connectivity index (χ1n) is 3.70. The lowest BCUT2D eigenvalue weighted by Crippen LogP contribution is -2.22. The van der Waals surface area contributed by atoms with Gasteiger partial charge in [0.15, 0.2) is 5.96 Å². The molecule has 6 heteroatoms. The first kappa shape index (κ1) is 10.9. The van der Waals surface area contributed by atoms with Gasteiger partial charge in [0.05, 0.1) is 11.0 Å². The zero-order chi connectivity index (χ0) is 10.7. The third kappa shape index (κ3) is 2.41. The molecular formula is C8H8BrF2N3. The fraction of sp³-hybridized carbons (Fsp3) is 0.125. The normalized spacial score (nSPS) is 9.93. The summed E-state index contributed by atoms with van der Waals surface area (Å²) in [6.45, 7) is -0.209. The molecule has 0 aromatic heterocycles. The summed E-state index contributed by atoms with van der Waals surface area (Å²) in [6.07, 6.45) is 0. The summed E-state index contributed by atoms with van der Waals surface area (Å²) in [7, 11) is 0. The molecule has 0 heterocycles. The lowest BCUT2D eigenvalue weighted by Gasteiger charge is -2.03. The fourth-order valence-electron chi connectivity index (χ4n) is 0.884. The van der Waals surface area contributed by atoms with E-state index in [9.17, 15) is 8.78 Å². The van der Waals surface area contributed by atoms with Crippen molar-refractivity contribution in [2.24, 2.45) is 16.5 Å². The van der Waals surface area contributed by atoms with E-state index in [0.717, 1.165) is 6.07 Å². The molecule has 76 valence electrons. The quantitative estimate of drug-likeness (QED) is 0.483. The topological polar surface area (TPSA) is 64.4 Å². The van der Waals surface area contributed by atoms with Gasteiger partial charge in [0, 0.05) is 5.56 Å². The molecule has 0 saturated heterocycles. The van der Waals surface area contributed by atoms with E-state index in [-0.39, 0.29) is 22.5 Å². The predicted octanol–water partition coefficient (Wildman–Crippen LogP) is 1.50. The number of hydrogen-bond acceptors (Lipinski definition) is 1. The van der Waals surface area contributed by atoms with Crippen LogP contribution in [0.1, 0.15) is 5.56 Å². The lowest BCUT2D eigenvalue weighted by molar-refractivity contribution is 0.553. The van der Waals surface area contributed by atoms with Gasteiger partial charge in [-0.15, -0.1) is 0 Å². The highest BCUT2D eigenvalue weighted by Crippen LogP contribution is 2.21. The van der Waals surface area contributed by atoms with Crippen molar-refractivity contribution in [2.75, 3.05) is 0 Å². The number of aliphatic imine (C=N–C) groups is 1. The van der Waals surface area contributed by atoms with Gasteiger partial charge < -0.3 is 11.5 Å². The second kappa shape index (κ2) is 4.36. The first-order chi connectivity index (χ1) is 6.52. The molecule has 0 aliphatic carbocycles. The van der Waals surface area contributed by atoms with Crippen LogP contribution in [0.25, 0.3) is 0 Å². The standard InChI is InChI=1S/C8H8BrF2N3/c9-5-1-2-6(10)4(7(5)11)3-14-8(12)13/h1-2H,3H2,(H4,12,13,14). The average molecular weight is 264 g/mol. The molecule has 3 nitrogen and oxygen atoms in total. The maximum Gasteiger partial charge on any atom is 0.186 e. The zero-order valence-electron chi connectivity index (χ0n) is 7.10. The van der Waals surface area contributed by atoms with Crippen LogP contribution in [0, 0.1) is 11.6 Å². The van der Waals surface area contributed by atoms with E-state index < -0.39 is 11.6 Å². The summed E-state index contributed by atoms with van der Waals surface area (Å²) < 4.78 is 26.5. The second-order valence-electron chi connectivity index (χ2n) is 2.56. The zero-order valence-corrected chi connectivity index (χ0v) is 8.68. The van der Waals surface area contributed by atoms with E-state index in [1.165, 1.54) is 6.07 Å². The average Bonchev–Trinajstić information content (AvgIpc) is 2.11. The minimum Gasteiger partial charge on any atom is -0.370 e. The van der Waals surface area contributed by atoms with Crippen LogP contribution in [0.5, 0.6) is 0 Å². The number of benzene rings is 1. The van der Waals surface area contributed by atoms with Crippen LogP contribution < -0.4 is 11.5 Å². The van der Waals surface area contributed by atoms with Crippen molar-refractivity contribution in [3.05, 3.63) is 33.8 Å². The summed E-state index contributed by atoms with van der Waals surface area (Å²) >= 11 is 2.93. The van der Waals surface area contributed by atoms with Gasteiger partial charge in [0.1, 0.15) is 11.6 Å². The molecule has 0 amide bonds. The van der Waals surface area contributed by atoms with Gasteiger partial charge in [-0.3, -0.25) is 0 Å². The van der Waals surface area contributed by atoms with E-state index in [1.54, 1.807) is 0 Å². The number of hydrogen-bond donors (Lipinski definition) is 2. The Morgan fingerprint density at radius 2 is 2.00 bits per heavy atom. The van der Waals surface area contributed by atoms with Crippen molar-refractivity contribution in [3.63, 3.8) is 0 Å². The fourth-order valence-corrected chi connectivity index (χ4v) is 1.26. The first-order valence-corrected chi connectivity index (χ1v) is 4.49. The Bertz CT molecular complexity index is 375. The smallest absolute Gasteiger partial charge is 0.186 e. The molecule has 0 radical (unpaired) electrons. The Balaban J connectivity index is 3.07. The molecule has 1 rings (SSSR count). The van der Waals surface area contributed by atoms with Crippen molar-refractivity contribution < 1.29 is 8.78 Å². The van der Waals surface area contributed by atoms with Crippen molar-refractivity contribution in [2.45, 2.75) is 6.54 Å². The summed E-state index contributed by atoms with van der Waals surface area (Å²) in [5.41, 5.74) is 9.94. The van der Waals surface area contributed by atoms with Gasteiger partial charge in [0.25, 0.3) is 0 Å². The Hall–Kier alpha value is -1.17. The van der Waals surface area contributed by atoms with Gasteiger partial charge in [-0.05, 0) is 28.1 Å². The van der Waals surface area contributed by atoms with Gasteiger partial charge in [0.2, 0.25) is 0 Å². The maximum absolute atomic E-state index is 13.3. The van der Waals surface area contributed by atoms with Gasteiger partial charge in [-0.2, -0.15) is 0 Å².